The van der Waals surface area contributed by atoms with Gasteiger partial charge in [-0.2, -0.15) is 0 Å². The summed E-state index contributed by atoms with van der Waals surface area (Å²) in [5.74, 6) is 0.903. The first-order valence-corrected chi connectivity index (χ1v) is 7.95. The van der Waals surface area contributed by atoms with Crippen molar-refractivity contribution in [1.29, 1.82) is 0 Å². The third-order valence-corrected chi connectivity index (χ3v) is 5.21. The van der Waals surface area contributed by atoms with E-state index < -0.39 is 5.60 Å². The Morgan fingerprint density at radius 3 is 2.35 bits per heavy atom. The molecule has 4 heteroatoms. The fourth-order valence-corrected chi connectivity index (χ4v) is 3.56. The molecule has 1 amide bonds. The number of aliphatic hydroxyl groups is 1. The molecule has 0 radical (unpaired) electrons. The molecule has 1 saturated heterocycles. The highest BCUT2D eigenvalue weighted by molar-refractivity contribution is 5.73. The third-order valence-electron chi connectivity index (χ3n) is 5.21. The summed E-state index contributed by atoms with van der Waals surface area (Å²) in [6.45, 7) is 11.4. The first kappa shape index (κ1) is 15.8. The summed E-state index contributed by atoms with van der Waals surface area (Å²) in [5, 5.41) is 10.8. The zero-order valence-electron chi connectivity index (χ0n) is 13.5. The zero-order chi connectivity index (χ0) is 15.0. The van der Waals surface area contributed by atoms with Crippen LogP contribution in [0.25, 0.3) is 0 Å². The Labute approximate surface area is 123 Å². The lowest BCUT2D eigenvalue weighted by Crippen LogP contribution is -2.63. The largest absolute Gasteiger partial charge is 0.389 e. The number of carbonyl (C=O) groups is 1. The molecule has 0 aromatic rings. The second-order valence-corrected chi connectivity index (χ2v) is 7.58. The average molecular weight is 282 g/mol. The molecular weight excluding hydrogens is 252 g/mol. The van der Waals surface area contributed by atoms with Crippen LogP contribution in [-0.4, -0.2) is 58.1 Å². The van der Waals surface area contributed by atoms with Crippen LogP contribution < -0.4 is 0 Å². The van der Waals surface area contributed by atoms with Crippen LogP contribution in [-0.2, 0) is 4.79 Å². The number of piperazine rings is 1. The predicted molar refractivity (Wildman–Crippen MR) is 80.5 cm³/mol. The Morgan fingerprint density at radius 1 is 1.25 bits per heavy atom. The van der Waals surface area contributed by atoms with E-state index in [-0.39, 0.29) is 11.4 Å². The van der Waals surface area contributed by atoms with Gasteiger partial charge < -0.3 is 10.0 Å². The molecule has 4 nitrogen and oxygen atoms in total. The molecule has 1 N–H and O–H groups in total. The van der Waals surface area contributed by atoms with Gasteiger partial charge in [0.1, 0.15) is 0 Å². The van der Waals surface area contributed by atoms with E-state index >= 15 is 0 Å². The molecule has 0 aromatic heterocycles. The van der Waals surface area contributed by atoms with Crippen LogP contribution in [0.5, 0.6) is 0 Å². The second-order valence-electron chi connectivity index (χ2n) is 7.58. The molecule has 0 spiro atoms. The molecule has 0 bridgehead atoms. The smallest absolute Gasteiger partial charge is 0.219 e. The molecule has 2 rings (SSSR count). The standard InChI is InChI=1S/C16H30N2O2/c1-13-5-7-16(20,8-6-13)12-18-10-9-17(14(2)19)11-15(18,3)4/h13,20H,5-12H2,1-4H3. The van der Waals surface area contributed by atoms with Gasteiger partial charge in [0, 0.05) is 38.6 Å². The van der Waals surface area contributed by atoms with Crippen molar-refractivity contribution in [2.45, 2.75) is 64.5 Å². The number of nitrogens with zero attached hydrogens (tertiary/aromatic N) is 2. The van der Waals surface area contributed by atoms with Gasteiger partial charge in [0.25, 0.3) is 0 Å². The zero-order valence-corrected chi connectivity index (χ0v) is 13.5. The van der Waals surface area contributed by atoms with Crippen LogP contribution >= 0.6 is 0 Å². The van der Waals surface area contributed by atoms with E-state index in [0.717, 1.165) is 57.8 Å². The van der Waals surface area contributed by atoms with Gasteiger partial charge in [0.2, 0.25) is 5.91 Å². The molecule has 0 atom stereocenters. The average Bonchev–Trinajstić information content (AvgIpc) is 2.35. The summed E-state index contributed by atoms with van der Waals surface area (Å²) in [6, 6.07) is 0. The van der Waals surface area contributed by atoms with Gasteiger partial charge in [-0.05, 0) is 45.4 Å². The SMILES string of the molecule is CC(=O)N1CCN(CC2(O)CCC(C)CC2)C(C)(C)C1. The van der Waals surface area contributed by atoms with Gasteiger partial charge in [-0.25, -0.2) is 0 Å². The van der Waals surface area contributed by atoms with Crippen molar-refractivity contribution in [1.82, 2.24) is 9.80 Å². The van der Waals surface area contributed by atoms with E-state index in [0.29, 0.717) is 0 Å². The molecule has 0 unspecified atom stereocenters. The van der Waals surface area contributed by atoms with Crippen LogP contribution in [0.1, 0.15) is 53.4 Å². The fraction of sp³-hybridized carbons (Fsp3) is 0.938. The van der Waals surface area contributed by atoms with Gasteiger partial charge in [-0.1, -0.05) is 6.92 Å². The fourth-order valence-electron chi connectivity index (χ4n) is 3.56. The first-order valence-electron chi connectivity index (χ1n) is 7.95. The van der Waals surface area contributed by atoms with E-state index in [1.165, 1.54) is 0 Å². The topological polar surface area (TPSA) is 43.8 Å². The van der Waals surface area contributed by atoms with Crippen LogP contribution in [0.15, 0.2) is 0 Å². The highest BCUT2D eigenvalue weighted by Crippen LogP contribution is 2.34. The maximum atomic E-state index is 11.5. The molecule has 1 heterocycles. The van der Waals surface area contributed by atoms with Crippen LogP contribution in [0.3, 0.4) is 0 Å². The van der Waals surface area contributed by atoms with Crippen molar-refractivity contribution in [2.75, 3.05) is 26.2 Å². The maximum Gasteiger partial charge on any atom is 0.219 e. The van der Waals surface area contributed by atoms with Crippen molar-refractivity contribution in [3.63, 3.8) is 0 Å². The number of amides is 1. The molecule has 2 aliphatic rings. The van der Waals surface area contributed by atoms with Gasteiger partial charge in [-0.3, -0.25) is 9.69 Å². The quantitative estimate of drug-likeness (QED) is 0.841. The van der Waals surface area contributed by atoms with Crippen LogP contribution in [0.4, 0.5) is 0 Å². The van der Waals surface area contributed by atoms with Gasteiger partial charge >= 0.3 is 0 Å². The maximum absolute atomic E-state index is 11.5. The predicted octanol–water partition coefficient (Wildman–Crippen LogP) is 1.87. The van der Waals surface area contributed by atoms with E-state index in [9.17, 15) is 9.90 Å². The van der Waals surface area contributed by atoms with Crippen LogP contribution in [0, 0.1) is 5.92 Å². The Hall–Kier alpha value is -0.610. The lowest BCUT2D eigenvalue weighted by molar-refractivity contribution is -0.136. The molecule has 20 heavy (non-hydrogen) atoms. The minimum absolute atomic E-state index is 0.0529. The van der Waals surface area contributed by atoms with Gasteiger partial charge in [0.15, 0.2) is 0 Å². The van der Waals surface area contributed by atoms with Crippen molar-refractivity contribution in [3.8, 4) is 0 Å². The monoisotopic (exact) mass is 282 g/mol. The molecule has 1 saturated carbocycles. The van der Waals surface area contributed by atoms with E-state index in [2.05, 4.69) is 25.7 Å². The van der Waals surface area contributed by atoms with E-state index in [1.807, 2.05) is 4.90 Å². The minimum Gasteiger partial charge on any atom is -0.389 e. The lowest BCUT2D eigenvalue weighted by atomic mass is 9.78. The van der Waals surface area contributed by atoms with Crippen molar-refractivity contribution in [2.24, 2.45) is 5.92 Å². The summed E-state index contributed by atoms with van der Waals surface area (Å²) in [4.78, 5) is 15.8. The highest BCUT2D eigenvalue weighted by Gasteiger charge is 2.40. The Balaban J connectivity index is 1.97. The second kappa shape index (κ2) is 5.64. The summed E-state index contributed by atoms with van der Waals surface area (Å²) < 4.78 is 0. The van der Waals surface area contributed by atoms with Gasteiger partial charge in [0.05, 0.1) is 5.60 Å². The molecule has 1 aliphatic carbocycles. The Kier molecular flexibility index (Phi) is 4.45. The van der Waals surface area contributed by atoms with E-state index in [1.54, 1.807) is 6.92 Å². The summed E-state index contributed by atoms with van der Waals surface area (Å²) in [5.41, 5.74) is -0.578. The van der Waals surface area contributed by atoms with Crippen molar-refractivity contribution < 1.29 is 9.90 Å². The Bertz CT molecular complexity index is 359. The first-order chi connectivity index (χ1) is 9.22. The molecule has 0 aromatic carbocycles. The summed E-state index contributed by atoms with van der Waals surface area (Å²) in [7, 11) is 0. The number of hydrogen-bond acceptors (Lipinski definition) is 3. The third kappa shape index (κ3) is 3.53. The summed E-state index contributed by atoms with van der Waals surface area (Å²) >= 11 is 0. The normalized spacial score (nSPS) is 35.0. The minimum atomic E-state index is -0.526. The Morgan fingerprint density at radius 2 is 1.85 bits per heavy atom. The molecular formula is C16H30N2O2. The summed E-state index contributed by atoms with van der Waals surface area (Å²) in [6.07, 6.45) is 4.09. The molecule has 116 valence electrons. The van der Waals surface area contributed by atoms with Crippen molar-refractivity contribution in [3.05, 3.63) is 0 Å². The number of β-amino-alcohol motifs (C(OH)–C–C–N with tert-alkyl or cyclic N) is 1. The number of carbonyl (C=O) groups excluding carboxylic acids is 1. The molecule has 2 fully saturated rings. The van der Waals surface area contributed by atoms with Crippen LogP contribution in [0.2, 0.25) is 0 Å². The van der Waals surface area contributed by atoms with Crippen molar-refractivity contribution >= 4 is 5.91 Å². The highest BCUT2D eigenvalue weighted by atomic mass is 16.3. The lowest BCUT2D eigenvalue weighted by Gasteiger charge is -2.50. The molecule has 1 aliphatic heterocycles. The number of rotatable bonds is 2. The number of hydrogen-bond donors (Lipinski definition) is 1. The van der Waals surface area contributed by atoms with Gasteiger partial charge in [-0.15, -0.1) is 0 Å². The van der Waals surface area contributed by atoms with E-state index in [4.69, 9.17) is 0 Å².